The summed E-state index contributed by atoms with van der Waals surface area (Å²) in [4.78, 5) is 21.5. The molecule has 104 valence electrons. The van der Waals surface area contributed by atoms with E-state index in [0.29, 0.717) is 5.75 Å². The first-order valence-corrected chi connectivity index (χ1v) is 5.55. The number of halogens is 1. The number of amides is 1. The first-order chi connectivity index (χ1) is 8.99. The molecule has 1 amide bonds. The van der Waals surface area contributed by atoms with E-state index in [1.165, 1.54) is 24.3 Å². The molecule has 0 saturated carbocycles. The largest absolute Gasteiger partial charge is 0.493 e. The smallest absolute Gasteiger partial charge is 0.334 e. The van der Waals surface area contributed by atoms with Crippen LogP contribution in [0, 0.1) is 5.82 Å². The summed E-state index contributed by atoms with van der Waals surface area (Å²) in [6, 6.07) is 5.33. The molecule has 1 atom stereocenters. The molecule has 0 saturated heterocycles. The molecule has 7 heteroatoms. The Morgan fingerprint density at radius 2 is 1.95 bits per heavy atom. The van der Waals surface area contributed by atoms with Gasteiger partial charge in [-0.25, -0.2) is 9.18 Å². The number of rotatable bonds is 7. The molecule has 0 radical (unpaired) electrons. The van der Waals surface area contributed by atoms with Gasteiger partial charge in [-0.15, -0.1) is 0 Å². The summed E-state index contributed by atoms with van der Waals surface area (Å²) in [6.07, 6.45) is -1.62. The van der Waals surface area contributed by atoms with E-state index in [2.05, 4.69) is 5.32 Å². The number of aliphatic carboxylic acids is 1. The molecule has 0 aliphatic heterocycles. The van der Waals surface area contributed by atoms with Gasteiger partial charge < -0.3 is 20.3 Å². The number of hydrogen-bond donors (Lipinski definition) is 3. The lowest BCUT2D eigenvalue weighted by molar-refractivity contribution is -0.146. The molecular weight excluding hydrogens is 257 g/mol. The van der Waals surface area contributed by atoms with Gasteiger partial charge in [0.25, 0.3) is 0 Å². The number of carboxylic acid groups (broad SMARTS) is 1. The van der Waals surface area contributed by atoms with Crippen molar-refractivity contribution >= 4 is 11.9 Å². The van der Waals surface area contributed by atoms with Crippen molar-refractivity contribution in [2.24, 2.45) is 0 Å². The summed E-state index contributed by atoms with van der Waals surface area (Å²) in [5, 5.41) is 19.6. The third kappa shape index (κ3) is 5.82. The third-order valence-corrected chi connectivity index (χ3v) is 2.19. The van der Waals surface area contributed by atoms with Crippen LogP contribution in [-0.2, 0) is 9.59 Å². The zero-order chi connectivity index (χ0) is 14.3. The van der Waals surface area contributed by atoms with Crippen molar-refractivity contribution < 1.29 is 28.9 Å². The molecule has 0 spiro atoms. The summed E-state index contributed by atoms with van der Waals surface area (Å²) in [6.45, 7) is -0.286. The number of carbonyl (C=O) groups excluding carboxylic acids is 1. The summed E-state index contributed by atoms with van der Waals surface area (Å²) in [5.74, 6) is -1.79. The Hall–Kier alpha value is -2.15. The Kier molecular flexibility index (Phi) is 5.74. The number of benzene rings is 1. The van der Waals surface area contributed by atoms with Gasteiger partial charge >= 0.3 is 5.97 Å². The average Bonchev–Trinajstić information content (AvgIpc) is 2.38. The van der Waals surface area contributed by atoms with Crippen LogP contribution < -0.4 is 10.1 Å². The van der Waals surface area contributed by atoms with Gasteiger partial charge in [0.15, 0.2) is 6.10 Å². The summed E-state index contributed by atoms with van der Waals surface area (Å²) in [7, 11) is 0. The predicted octanol–water partition coefficient (Wildman–Crippen LogP) is 0.156. The van der Waals surface area contributed by atoms with Gasteiger partial charge in [-0.05, 0) is 24.3 Å². The molecular formula is C12H14FNO5. The summed E-state index contributed by atoms with van der Waals surface area (Å²) < 4.78 is 17.8. The van der Waals surface area contributed by atoms with E-state index in [0.717, 1.165) is 0 Å². The lowest BCUT2D eigenvalue weighted by Gasteiger charge is -2.08. The minimum atomic E-state index is -1.62. The molecule has 1 aromatic carbocycles. The molecule has 0 bridgehead atoms. The second kappa shape index (κ2) is 7.32. The van der Waals surface area contributed by atoms with Crippen LogP contribution in [0.2, 0.25) is 0 Å². The van der Waals surface area contributed by atoms with Crippen molar-refractivity contribution in [1.82, 2.24) is 5.32 Å². The van der Waals surface area contributed by atoms with E-state index >= 15 is 0 Å². The first kappa shape index (κ1) is 14.9. The number of carbonyl (C=O) groups is 2. The van der Waals surface area contributed by atoms with E-state index in [-0.39, 0.29) is 25.4 Å². The van der Waals surface area contributed by atoms with Gasteiger partial charge in [-0.1, -0.05) is 0 Å². The molecule has 0 aromatic heterocycles. The first-order valence-electron chi connectivity index (χ1n) is 5.55. The number of ether oxygens (including phenoxy) is 1. The molecule has 1 aromatic rings. The maximum atomic E-state index is 12.6. The molecule has 0 fully saturated rings. The Morgan fingerprint density at radius 3 is 2.53 bits per heavy atom. The third-order valence-electron chi connectivity index (χ3n) is 2.19. The highest BCUT2D eigenvalue weighted by Crippen LogP contribution is 2.10. The molecule has 0 heterocycles. The normalized spacial score (nSPS) is 11.7. The highest BCUT2D eigenvalue weighted by atomic mass is 19.1. The van der Waals surface area contributed by atoms with E-state index < -0.39 is 18.0 Å². The lowest BCUT2D eigenvalue weighted by Crippen LogP contribution is -2.36. The second-order valence-corrected chi connectivity index (χ2v) is 3.71. The van der Waals surface area contributed by atoms with Gasteiger partial charge in [0.2, 0.25) is 5.91 Å². The lowest BCUT2D eigenvalue weighted by atomic mass is 10.3. The fraction of sp³-hybridized carbons (Fsp3) is 0.333. The van der Waals surface area contributed by atoms with Crippen molar-refractivity contribution in [2.75, 3.05) is 13.2 Å². The minimum absolute atomic E-state index is 0.00369. The van der Waals surface area contributed by atoms with Crippen LogP contribution in [0.1, 0.15) is 6.42 Å². The van der Waals surface area contributed by atoms with Crippen molar-refractivity contribution in [1.29, 1.82) is 0 Å². The van der Waals surface area contributed by atoms with Gasteiger partial charge in [0, 0.05) is 0 Å². The Balaban J connectivity index is 2.20. The second-order valence-electron chi connectivity index (χ2n) is 3.71. The molecule has 0 unspecified atom stereocenters. The Labute approximate surface area is 108 Å². The number of hydrogen-bond acceptors (Lipinski definition) is 4. The summed E-state index contributed by atoms with van der Waals surface area (Å²) >= 11 is 0. The van der Waals surface area contributed by atoms with E-state index in [1.807, 2.05) is 0 Å². The zero-order valence-electron chi connectivity index (χ0n) is 10.0. The van der Waals surface area contributed by atoms with Crippen molar-refractivity contribution in [2.45, 2.75) is 12.5 Å². The van der Waals surface area contributed by atoms with Crippen molar-refractivity contribution in [3.63, 3.8) is 0 Å². The standard InChI is InChI=1S/C12H14FNO5/c13-8-1-3-9(4-2-8)19-6-5-11(16)14-7-10(15)12(17)18/h1-4,10,15H,5-7H2,(H,14,16)(H,17,18)/t10-/m0/s1. The summed E-state index contributed by atoms with van der Waals surface area (Å²) in [5.41, 5.74) is 0. The van der Waals surface area contributed by atoms with Gasteiger partial charge in [0.05, 0.1) is 19.6 Å². The fourth-order valence-electron chi connectivity index (χ4n) is 1.18. The topological polar surface area (TPSA) is 95.9 Å². The average molecular weight is 271 g/mol. The number of aliphatic hydroxyl groups excluding tert-OH is 1. The maximum absolute atomic E-state index is 12.6. The van der Waals surface area contributed by atoms with Gasteiger partial charge in [-0.3, -0.25) is 4.79 Å². The number of carboxylic acids is 1. The Morgan fingerprint density at radius 1 is 1.32 bits per heavy atom. The van der Waals surface area contributed by atoms with Gasteiger partial charge in [-0.2, -0.15) is 0 Å². The van der Waals surface area contributed by atoms with Crippen LogP contribution >= 0.6 is 0 Å². The van der Waals surface area contributed by atoms with Gasteiger partial charge in [0.1, 0.15) is 11.6 Å². The van der Waals surface area contributed by atoms with Crippen LogP contribution in [0.3, 0.4) is 0 Å². The van der Waals surface area contributed by atoms with E-state index in [1.54, 1.807) is 0 Å². The molecule has 19 heavy (non-hydrogen) atoms. The van der Waals surface area contributed by atoms with Crippen LogP contribution in [0.25, 0.3) is 0 Å². The monoisotopic (exact) mass is 271 g/mol. The molecule has 6 nitrogen and oxygen atoms in total. The maximum Gasteiger partial charge on any atom is 0.334 e. The molecule has 0 aliphatic carbocycles. The van der Waals surface area contributed by atoms with Crippen LogP contribution in [0.4, 0.5) is 4.39 Å². The molecule has 1 rings (SSSR count). The zero-order valence-corrected chi connectivity index (χ0v) is 10.0. The minimum Gasteiger partial charge on any atom is -0.493 e. The van der Waals surface area contributed by atoms with Crippen LogP contribution in [0.5, 0.6) is 5.75 Å². The van der Waals surface area contributed by atoms with Crippen molar-refractivity contribution in [3.05, 3.63) is 30.1 Å². The van der Waals surface area contributed by atoms with Crippen LogP contribution in [-0.4, -0.2) is 41.3 Å². The molecule has 3 N–H and O–H groups in total. The van der Waals surface area contributed by atoms with E-state index in [4.69, 9.17) is 14.9 Å². The molecule has 0 aliphatic rings. The quantitative estimate of drug-likeness (QED) is 0.656. The van der Waals surface area contributed by atoms with Crippen LogP contribution in [0.15, 0.2) is 24.3 Å². The number of nitrogens with one attached hydrogen (secondary N) is 1. The van der Waals surface area contributed by atoms with E-state index in [9.17, 15) is 14.0 Å². The highest BCUT2D eigenvalue weighted by Gasteiger charge is 2.13. The number of aliphatic hydroxyl groups is 1. The fourth-order valence-corrected chi connectivity index (χ4v) is 1.18. The SMILES string of the molecule is O=C(CCOc1ccc(F)cc1)NC[C@H](O)C(=O)O. The predicted molar refractivity (Wildman–Crippen MR) is 63.2 cm³/mol. The highest BCUT2D eigenvalue weighted by molar-refractivity contribution is 5.78. The Bertz CT molecular complexity index is 434. The van der Waals surface area contributed by atoms with Crippen molar-refractivity contribution in [3.8, 4) is 5.75 Å².